The van der Waals surface area contributed by atoms with Crippen LogP contribution in [0.1, 0.15) is 27.6 Å². The lowest BCUT2D eigenvalue weighted by atomic mass is 10.1. The predicted octanol–water partition coefficient (Wildman–Crippen LogP) is 2.73. The topological polar surface area (TPSA) is 66.5 Å². The lowest BCUT2D eigenvalue weighted by Crippen LogP contribution is -2.45. The molecule has 0 saturated carbocycles. The third kappa shape index (κ3) is 2.65. The van der Waals surface area contributed by atoms with E-state index < -0.39 is 46.9 Å². The summed E-state index contributed by atoms with van der Waals surface area (Å²) in [7, 11) is 0. The number of benzene rings is 2. The fourth-order valence-corrected chi connectivity index (χ4v) is 2.54. The molecular formula is C17H11F3N2O3. The summed E-state index contributed by atoms with van der Waals surface area (Å²) in [6.07, 6.45) is 0. The summed E-state index contributed by atoms with van der Waals surface area (Å²) in [6, 6.07) is 6.29. The van der Waals surface area contributed by atoms with Crippen molar-refractivity contribution in [2.24, 2.45) is 0 Å². The largest absolute Gasteiger partial charge is 0.322 e. The summed E-state index contributed by atoms with van der Waals surface area (Å²) in [5.41, 5.74) is -0.273. The van der Waals surface area contributed by atoms with Crippen molar-refractivity contribution in [3.05, 3.63) is 65.0 Å². The number of halogens is 3. The van der Waals surface area contributed by atoms with Gasteiger partial charge in [0.1, 0.15) is 6.04 Å². The number of nitrogens with one attached hydrogen (secondary N) is 1. The zero-order valence-electron chi connectivity index (χ0n) is 12.8. The maximum atomic E-state index is 13.7. The lowest BCUT2D eigenvalue weighted by molar-refractivity contribution is -0.119. The van der Waals surface area contributed by atoms with Crippen molar-refractivity contribution >= 4 is 23.4 Å². The SMILES string of the molecule is C[C@H](C(=O)Nc1ccc(F)c(F)c1F)N1C(=O)c2ccccc2C1=O. The number of carbonyl (C=O) groups is 3. The number of rotatable bonds is 3. The van der Waals surface area contributed by atoms with E-state index in [0.29, 0.717) is 6.07 Å². The van der Waals surface area contributed by atoms with Crippen LogP contribution >= 0.6 is 0 Å². The molecule has 0 bridgehead atoms. The number of imide groups is 1. The van der Waals surface area contributed by atoms with E-state index in [1.54, 1.807) is 12.1 Å². The van der Waals surface area contributed by atoms with E-state index >= 15 is 0 Å². The van der Waals surface area contributed by atoms with Gasteiger partial charge in [-0.25, -0.2) is 13.2 Å². The van der Waals surface area contributed by atoms with E-state index in [4.69, 9.17) is 0 Å². The summed E-state index contributed by atoms with van der Waals surface area (Å²) in [5, 5.41) is 2.06. The van der Waals surface area contributed by atoms with Crippen LogP contribution in [-0.4, -0.2) is 28.7 Å². The van der Waals surface area contributed by atoms with Crippen molar-refractivity contribution in [3.8, 4) is 0 Å². The molecular weight excluding hydrogens is 337 g/mol. The van der Waals surface area contributed by atoms with Gasteiger partial charge in [-0.1, -0.05) is 12.1 Å². The molecule has 25 heavy (non-hydrogen) atoms. The lowest BCUT2D eigenvalue weighted by Gasteiger charge is -2.21. The predicted molar refractivity (Wildman–Crippen MR) is 81.3 cm³/mol. The molecule has 1 N–H and O–H groups in total. The molecule has 0 saturated heterocycles. The van der Waals surface area contributed by atoms with Gasteiger partial charge in [-0.2, -0.15) is 0 Å². The van der Waals surface area contributed by atoms with E-state index in [1.165, 1.54) is 19.1 Å². The van der Waals surface area contributed by atoms with Crippen LogP contribution in [0.5, 0.6) is 0 Å². The summed E-state index contributed by atoms with van der Waals surface area (Å²) in [5.74, 6) is -6.93. The minimum absolute atomic E-state index is 0.158. The summed E-state index contributed by atoms with van der Waals surface area (Å²) < 4.78 is 39.8. The van der Waals surface area contributed by atoms with Gasteiger partial charge in [0.25, 0.3) is 11.8 Å². The summed E-state index contributed by atoms with van der Waals surface area (Å²) in [6.45, 7) is 1.27. The Morgan fingerprint density at radius 2 is 1.52 bits per heavy atom. The second kappa shape index (κ2) is 6.04. The van der Waals surface area contributed by atoms with Crippen LogP contribution in [0.3, 0.4) is 0 Å². The Kier molecular flexibility index (Phi) is 4.03. The van der Waals surface area contributed by atoms with E-state index in [1.807, 2.05) is 0 Å². The average molecular weight is 348 g/mol. The molecule has 3 rings (SSSR count). The van der Waals surface area contributed by atoms with Crippen molar-refractivity contribution < 1.29 is 27.6 Å². The normalized spacial score (nSPS) is 14.5. The van der Waals surface area contributed by atoms with Crippen LogP contribution < -0.4 is 5.32 Å². The number of amides is 3. The number of carbonyl (C=O) groups excluding carboxylic acids is 3. The highest BCUT2D eigenvalue weighted by atomic mass is 19.2. The van der Waals surface area contributed by atoms with Gasteiger partial charge in [-0.15, -0.1) is 0 Å². The molecule has 0 aromatic heterocycles. The molecule has 3 amide bonds. The van der Waals surface area contributed by atoms with Crippen LogP contribution in [0.15, 0.2) is 36.4 Å². The van der Waals surface area contributed by atoms with Gasteiger partial charge in [-0.05, 0) is 31.2 Å². The fraction of sp³-hybridized carbons (Fsp3) is 0.118. The van der Waals surface area contributed by atoms with E-state index in [2.05, 4.69) is 5.32 Å². The second-order valence-electron chi connectivity index (χ2n) is 5.41. The van der Waals surface area contributed by atoms with Crippen molar-refractivity contribution in [2.45, 2.75) is 13.0 Å². The standard InChI is InChI=1S/C17H11F3N2O3/c1-8(15(23)21-12-7-6-11(18)13(19)14(12)20)22-16(24)9-4-2-3-5-10(9)17(22)25/h2-8H,1H3,(H,21,23)/t8-/m1/s1. The van der Waals surface area contributed by atoms with E-state index in [9.17, 15) is 27.6 Å². The third-order valence-corrected chi connectivity index (χ3v) is 3.89. The van der Waals surface area contributed by atoms with Crippen LogP contribution in [0.4, 0.5) is 18.9 Å². The average Bonchev–Trinajstić information content (AvgIpc) is 2.86. The van der Waals surface area contributed by atoms with Crippen molar-refractivity contribution in [1.82, 2.24) is 4.90 Å². The number of anilines is 1. The first-order valence-corrected chi connectivity index (χ1v) is 7.24. The molecule has 2 aromatic rings. The van der Waals surface area contributed by atoms with Crippen LogP contribution in [-0.2, 0) is 4.79 Å². The molecule has 0 fully saturated rings. The Hall–Kier alpha value is -3.16. The summed E-state index contributed by atoms with van der Waals surface area (Å²) >= 11 is 0. The van der Waals surface area contributed by atoms with Crippen molar-refractivity contribution in [2.75, 3.05) is 5.32 Å². The highest BCUT2D eigenvalue weighted by Gasteiger charge is 2.40. The van der Waals surface area contributed by atoms with E-state index in [0.717, 1.165) is 11.0 Å². The molecule has 5 nitrogen and oxygen atoms in total. The van der Waals surface area contributed by atoms with Crippen LogP contribution in [0, 0.1) is 17.5 Å². The minimum Gasteiger partial charge on any atom is -0.322 e. The zero-order chi connectivity index (χ0) is 18.3. The number of hydrogen-bond acceptors (Lipinski definition) is 3. The molecule has 1 atom stereocenters. The van der Waals surface area contributed by atoms with Crippen molar-refractivity contribution in [1.29, 1.82) is 0 Å². The monoisotopic (exact) mass is 348 g/mol. The fourth-order valence-electron chi connectivity index (χ4n) is 2.54. The molecule has 2 aromatic carbocycles. The van der Waals surface area contributed by atoms with Gasteiger partial charge in [0.2, 0.25) is 5.91 Å². The molecule has 1 heterocycles. The summed E-state index contributed by atoms with van der Waals surface area (Å²) in [4.78, 5) is 37.6. The molecule has 1 aliphatic heterocycles. The first-order chi connectivity index (χ1) is 11.8. The zero-order valence-corrected chi connectivity index (χ0v) is 12.8. The van der Waals surface area contributed by atoms with Gasteiger partial charge in [0, 0.05) is 0 Å². The van der Waals surface area contributed by atoms with E-state index in [-0.39, 0.29) is 11.1 Å². The van der Waals surface area contributed by atoms with Gasteiger partial charge >= 0.3 is 0 Å². The van der Waals surface area contributed by atoms with Gasteiger partial charge < -0.3 is 5.32 Å². The Morgan fingerprint density at radius 3 is 2.08 bits per heavy atom. The Balaban J connectivity index is 1.84. The highest BCUT2D eigenvalue weighted by Crippen LogP contribution is 2.25. The minimum atomic E-state index is -1.73. The molecule has 1 aliphatic rings. The molecule has 0 unspecified atom stereocenters. The highest BCUT2D eigenvalue weighted by molar-refractivity contribution is 6.23. The first kappa shape index (κ1) is 16.7. The maximum Gasteiger partial charge on any atom is 0.262 e. The Morgan fingerprint density at radius 1 is 0.960 bits per heavy atom. The molecule has 8 heteroatoms. The number of nitrogens with zero attached hydrogens (tertiary/aromatic N) is 1. The smallest absolute Gasteiger partial charge is 0.262 e. The van der Waals surface area contributed by atoms with Crippen LogP contribution in [0.2, 0.25) is 0 Å². The molecule has 0 radical (unpaired) electrons. The molecule has 128 valence electrons. The molecule has 0 aliphatic carbocycles. The van der Waals surface area contributed by atoms with Crippen molar-refractivity contribution in [3.63, 3.8) is 0 Å². The maximum absolute atomic E-state index is 13.7. The quantitative estimate of drug-likeness (QED) is 0.685. The third-order valence-electron chi connectivity index (χ3n) is 3.89. The number of fused-ring (bicyclic) bond motifs is 1. The second-order valence-corrected chi connectivity index (χ2v) is 5.41. The van der Waals surface area contributed by atoms with Gasteiger partial charge in [-0.3, -0.25) is 19.3 Å². The number of hydrogen-bond donors (Lipinski definition) is 1. The Bertz CT molecular complexity index is 879. The molecule has 0 spiro atoms. The van der Waals surface area contributed by atoms with Gasteiger partial charge in [0.15, 0.2) is 17.5 Å². The Labute approximate surface area is 140 Å². The van der Waals surface area contributed by atoms with Crippen LogP contribution in [0.25, 0.3) is 0 Å². The van der Waals surface area contributed by atoms with Gasteiger partial charge in [0.05, 0.1) is 16.8 Å². The first-order valence-electron chi connectivity index (χ1n) is 7.24.